The first-order valence-corrected chi connectivity index (χ1v) is 5.93. The van der Waals surface area contributed by atoms with Gasteiger partial charge in [0.15, 0.2) is 0 Å². The van der Waals surface area contributed by atoms with Crippen LogP contribution in [0.4, 0.5) is 11.4 Å². The molecule has 1 aromatic carbocycles. The minimum Gasteiger partial charge on any atom is -0.478 e. The zero-order valence-corrected chi connectivity index (χ0v) is 10.4. The fourth-order valence-corrected chi connectivity index (χ4v) is 1.69. The fraction of sp³-hybridized carbons (Fsp3) is 0.308. The SMILES string of the molecule is CC(=O)Nc1ccc(NC(=O)C2CC2)c(C(=O)O)c1. The lowest BCUT2D eigenvalue weighted by Crippen LogP contribution is -2.16. The highest BCUT2D eigenvalue weighted by Gasteiger charge is 2.30. The smallest absolute Gasteiger partial charge is 0.337 e. The maximum Gasteiger partial charge on any atom is 0.337 e. The number of benzene rings is 1. The van der Waals surface area contributed by atoms with E-state index in [-0.39, 0.29) is 29.0 Å². The second-order valence-electron chi connectivity index (χ2n) is 4.51. The van der Waals surface area contributed by atoms with Crippen molar-refractivity contribution in [1.29, 1.82) is 0 Å². The average Bonchev–Trinajstić information content (AvgIpc) is 3.13. The number of amides is 2. The summed E-state index contributed by atoms with van der Waals surface area (Å²) in [6.07, 6.45) is 1.69. The van der Waals surface area contributed by atoms with Crippen LogP contribution in [0.25, 0.3) is 0 Å². The van der Waals surface area contributed by atoms with Crippen LogP contribution in [0, 0.1) is 5.92 Å². The van der Waals surface area contributed by atoms with E-state index in [9.17, 15) is 14.4 Å². The lowest BCUT2D eigenvalue weighted by molar-refractivity contribution is -0.117. The Labute approximate surface area is 109 Å². The van der Waals surface area contributed by atoms with Gasteiger partial charge in [0.1, 0.15) is 0 Å². The normalized spacial score (nSPS) is 13.7. The number of carbonyl (C=O) groups is 3. The van der Waals surface area contributed by atoms with Crippen LogP contribution in [-0.4, -0.2) is 22.9 Å². The monoisotopic (exact) mass is 262 g/mol. The number of rotatable bonds is 4. The molecule has 3 N–H and O–H groups in total. The van der Waals surface area contributed by atoms with Crippen molar-refractivity contribution >= 4 is 29.2 Å². The molecule has 1 aromatic rings. The van der Waals surface area contributed by atoms with E-state index in [1.807, 2.05) is 0 Å². The number of carbonyl (C=O) groups excluding carboxylic acids is 2. The van der Waals surface area contributed by atoms with Crippen molar-refractivity contribution in [3.8, 4) is 0 Å². The van der Waals surface area contributed by atoms with Crippen LogP contribution in [-0.2, 0) is 9.59 Å². The summed E-state index contributed by atoms with van der Waals surface area (Å²) in [7, 11) is 0. The standard InChI is InChI=1S/C13H14N2O4/c1-7(16)14-9-4-5-11(10(6-9)13(18)19)15-12(17)8-2-3-8/h4-6,8H,2-3H2,1H3,(H,14,16)(H,15,17)(H,18,19). The number of aromatic carboxylic acids is 1. The highest BCUT2D eigenvalue weighted by atomic mass is 16.4. The summed E-state index contributed by atoms with van der Waals surface area (Å²) in [6.45, 7) is 1.34. The van der Waals surface area contributed by atoms with Crippen molar-refractivity contribution in [2.45, 2.75) is 19.8 Å². The Morgan fingerprint density at radius 3 is 2.42 bits per heavy atom. The second-order valence-corrected chi connectivity index (χ2v) is 4.51. The number of hydrogen-bond donors (Lipinski definition) is 3. The summed E-state index contributed by atoms with van der Waals surface area (Å²) < 4.78 is 0. The molecule has 0 aliphatic heterocycles. The quantitative estimate of drug-likeness (QED) is 0.769. The van der Waals surface area contributed by atoms with Crippen LogP contribution in [0.2, 0.25) is 0 Å². The Morgan fingerprint density at radius 1 is 1.21 bits per heavy atom. The summed E-state index contributed by atoms with van der Waals surface area (Å²) >= 11 is 0. The first-order valence-electron chi connectivity index (χ1n) is 5.93. The molecule has 6 heteroatoms. The molecule has 1 aliphatic carbocycles. The molecular formula is C13H14N2O4. The highest BCUT2D eigenvalue weighted by molar-refractivity contribution is 6.03. The number of nitrogens with one attached hydrogen (secondary N) is 2. The molecule has 0 radical (unpaired) electrons. The summed E-state index contributed by atoms with van der Waals surface area (Å²) in [5.74, 6) is -1.60. The molecule has 2 rings (SSSR count). The minimum absolute atomic E-state index is 0.00309. The third-order valence-electron chi connectivity index (χ3n) is 2.78. The number of hydrogen-bond acceptors (Lipinski definition) is 3. The van der Waals surface area contributed by atoms with Gasteiger partial charge in [-0.25, -0.2) is 4.79 Å². The van der Waals surface area contributed by atoms with Crippen LogP contribution >= 0.6 is 0 Å². The van der Waals surface area contributed by atoms with Crippen LogP contribution < -0.4 is 10.6 Å². The molecule has 1 fully saturated rings. The largest absolute Gasteiger partial charge is 0.478 e. The van der Waals surface area contributed by atoms with E-state index >= 15 is 0 Å². The summed E-state index contributed by atoms with van der Waals surface area (Å²) in [6, 6.07) is 4.36. The summed E-state index contributed by atoms with van der Waals surface area (Å²) in [5, 5.41) is 14.2. The van der Waals surface area contributed by atoms with E-state index in [2.05, 4.69) is 10.6 Å². The molecule has 100 valence electrons. The summed E-state index contributed by atoms with van der Waals surface area (Å²) in [5.41, 5.74) is 0.591. The van der Waals surface area contributed by atoms with Gasteiger partial charge in [-0.1, -0.05) is 0 Å². The van der Waals surface area contributed by atoms with Gasteiger partial charge in [-0.15, -0.1) is 0 Å². The molecule has 0 atom stereocenters. The van der Waals surface area contributed by atoms with Gasteiger partial charge in [0.2, 0.25) is 11.8 Å². The topological polar surface area (TPSA) is 95.5 Å². The third-order valence-corrected chi connectivity index (χ3v) is 2.78. The molecule has 0 spiro atoms. The lowest BCUT2D eigenvalue weighted by atomic mass is 10.1. The van der Waals surface area contributed by atoms with Gasteiger partial charge in [0.05, 0.1) is 11.3 Å². The van der Waals surface area contributed by atoms with Crippen LogP contribution in [0.15, 0.2) is 18.2 Å². The van der Waals surface area contributed by atoms with Crippen molar-refractivity contribution in [2.24, 2.45) is 5.92 Å². The Kier molecular flexibility index (Phi) is 3.50. The second kappa shape index (κ2) is 5.09. The fourth-order valence-electron chi connectivity index (χ4n) is 1.69. The Morgan fingerprint density at radius 2 is 1.89 bits per heavy atom. The number of carboxylic acids is 1. The maximum absolute atomic E-state index is 11.6. The van der Waals surface area contributed by atoms with E-state index in [1.165, 1.54) is 19.1 Å². The molecule has 1 aliphatic rings. The molecule has 6 nitrogen and oxygen atoms in total. The number of carboxylic acid groups (broad SMARTS) is 1. The highest BCUT2D eigenvalue weighted by Crippen LogP contribution is 2.31. The zero-order chi connectivity index (χ0) is 14.0. The van der Waals surface area contributed by atoms with Gasteiger partial charge < -0.3 is 15.7 Å². The first kappa shape index (κ1) is 13.1. The summed E-state index contributed by atoms with van der Waals surface area (Å²) in [4.78, 5) is 33.7. The van der Waals surface area contributed by atoms with Crippen molar-refractivity contribution in [1.82, 2.24) is 0 Å². The van der Waals surface area contributed by atoms with E-state index in [0.29, 0.717) is 5.69 Å². The molecule has 1 saturated carbocycles. The van der Waals surface area contributed by atoms with Crippen molar-refractivity contribution in [3.05, 3.63) is 23.8 Å². The minimum atomic E-state index is -1.15. The predicted octanol–water partition coefficient (Wildman–Crippen LogP) is 1.69. The van der Waals surface area contributed by atoms with Crippen LogP contribution in [0.3, 0.4) is 0 Å². The van der Waals surface area contributed by atoms with Crippen molar-refractivity contribution in [2.75, 3.05) is 10.6 Å². The van der Waals surface area contributed by atoms with Gasteiger partial charge in [-0.2, -0.15) is 0 Å². The molecule has 19 heavy (non-hydrogen) atoms. The van der Waals surface area contributed by atoms with Gasteiger partial charge in [-0.05, 0) is 31.0 Å². The Hall–Kier alpha value is -2.37. The number of anilines is 2. The van der Waals surface area contributed by atoms with Gasteiger partial charge in [-0.3, -0.25) is 9.59 Å². The molecule has 0 aromatic heterocycles. The van der Waals surface area contributed by atoms with Gasteiger partial charge in [0.25, 0.3) is 0 Å². The van der Waals surface area contributed by atoms with Gasteiger partial charge in [0, 0.05) is 18.5 Å². The van der Waals surface area contributed by atoms with E-state index in [1.54, 1.807) is 6.07 Å². The average molecular weight is 262 g/mol. The Balaban J connectivity index is 2.23. The van der Waals surface area contributed by atoms with Crippen molar-refractivity contribution in [3.63, 3.8) is 0 Å². The molecule has 0 saturated heterocycles. The molecule has 2 amide bonds. The van der Waals surface area contributed by atoms with Crippen molar-refractivity contribution < 1.29 is 19.5 Å². The van der Waals surface area contributed by atoms with Crippen LogP contribution in [0.1, 0.15) is 30.1 Å². The van der Waals surface area contributed by atoms with E-state index in [4.69, 9.17) is 5.11 Å². The molecular weight excluding hydrogens is 248 g/mol. The zero-order valence-electron chi connectivity index (χ0n) is 10.4. The lowest BCUT2D eigenvalue weighted by Gasteiger charge is -2.10. The first-order chi connectivity index (χ1) is 8.97. The Bertz CT molecular complexity index is 550. The van der Waals surface area contributed by atoms with Gasteiger partial charge >= 0.3 is 5.97 Å². The van der Waals surface area contributed by atoms with E-state index in [0.717, 1.165) is 12.8 Å². The molecule has 0 unspecified atom stereocenters. The molecule has 0 bridgehead atoms. The molecule has 0 heterocycles. The predicted molar refractivity (Wildman–Crippen MR) is 69.1 cm³/mol. The third kappa shape index (κ3) is 3.31. The van der Waals surface area contributed by atoms with Crippen LogP contribution in [0.5, 0.6) is 0 Å². The van der Waals surface area contributed by atoms with E-state index < -0.39 is 5.97 Å². The maximum atomic E-state index is 11.6.